The monoisotopic (exact) mass is 291 g/mol. The Kier molecular flexibility index (Phi) is 3.92. The highest BCUT2D eigenvalue weighted by atomic mass is 16.6. The van der Waals surface area contributed by atoms with E-state index in [9.17, 15) is 20.0 Å². The number of carbonyl (C=O) groups is 1. The summed E-state index contributed by atoms with van der Waals surface area (Å²) in [6.45, 7) is 3.50. The molecule has 110 valence electrons. The van der Waals surface area contributed by atoms with Crippen LogP contribution in [0.1, 0.15) is 19.9 Å². The highest BCUT2D eigenvalue weighted by molar-refractivity contribution is 5.73. The molecule has 21 heavy (non-hydrogen) atoms. The van der Waals surface area contributed by atoms with Gasteiger partial charge in [-0.25, -0.2) is 9.48 Å². The molecule has 9 heteroatoms. The smallest absolute Gasteiger partial charge is 0.328 e. The van der Waals surface area contributed by atoms with E-state index in [0.717, 1.165) is 0 Å². The van der Waals surface area contributed by atoms with Crippen molar-refractivity contribution in [1.82, 2.24) is 20.2 Å². The van der Waals surface area contributed by atoms with Gasteiger partial charge in [0.05, 0.1) is 4.92 Å². The molecule has 1 aromatic heterocycles. The predicted octanol–water partition coefficient (Wildman–Crippen LogP) is 1.53. The van der Waals surface area contributed by atoms with Crippen LogP contribution in [0.5, 0.6) is 0 Å². The second kappa shape index (κ2) is 5.65. The van der Waals surface area contributed by atoms with Crippen LogP contribution in [0.3, 0.4) is 0 Å². The Bertz CT molecular complexity index is 665. The Balaban J connectivity index is 2.44. The van der Waals surface area contributed by atoms with Crippen molar-refractivity contribution in [1.29, 1.82) is 0 Å². The number of carboxylic acids is 1. The molecular weight excluding hydrogens is 278 g/mol. The maximum absolute atomic E-state index is 11.4. The van der Waals surface area contributed by atoms with Gasteiger partial charge in [-0.05, 0) is 28.5 Å². The van der Waals surface area contributed by atoms with Gasteiger partial charge in [-0.1, -0.05) is 13.8 Å². The number of hydrogen-bond donors (Lipinski definition) is 1. The van der Waals surface area contributed by atoms with E-state index in [1.165, 1.54) is 28.9 Å². The van der Waals surface area contributed by atoms with Crippen molar-refractivity contribution < 1.29 is 14.8 Å². The average Bonchev–Trinajstić information content (AvgIpc) is 2.87. The van der Waals surface area contributed by atoms with Crippen LogP contribution in [0.4, 0.5) is 5.69 Å². The zero-order valence-corrected chi connectivity index (χ0v) is 11.4. The third kappa shape index (κ3) is 2.86. The lowest BCUT2D eigenvalue weighted by Gasteiger charge is -2.17. The van der Waals surface area contributed by atoms with E-state index in [2.05, 4.69) is 15.5 Å². The van der Waals surface area contributed by atoms with Crippen LogP contribution >= 0.6 is 0 Å². The second-order valence-corrected chi connectivity index (χ2v) is 4.78. The fourth-order valence-corrected chi connectivity index (χ4v) is 1.98. The topological polar surface area (TPSA) is 124 Å². The lowest BCUT2D eigenvalue weighted by atomic mass is 10.0. The van der Waals surface area contributed by atoms with Crippen molar-refractivity contribution in [2.24, 2.45) is 5.92 Å². The normalized spacial score (nSPS) is 12.3. The van der Waals surface area contributed by atoms with Gasteiger partial charge in [-0.15, -0.1) is 5.10 Å². The molecule has 0 amide bonds. The molecule has 2 rings (SSSR count). The van der Waals surface area contributed by atoms with Crippen molar-refractivity contribution in [3.05, 3.63) is 34.4 Å². The first kappa shape index (κ1) is 14.6. The van der Waals surface area contributed by atoms with Crippen LogP contribution in [0.25, 0.3) is 11.4 Å². The molecule has 0 spiro atoms. The summed E-state index contributed by atoms with van der Waals surface area (Å²) < 4.78 is 1.22. The number of aliphatic carboxylic acids is 1. The van der Waals surface area contributed by atoms with Gasteiger partial charge in [-0.3, -0.25) is 10.1 Å². The van der Waals surface area contributed by atoms with E-state index in [1.807, 2.05) is 0 Å². The number of carboxylic acid groups (broad SMARTS) is 1. The van der Waals surface area contributed by atoms with Gasteiger partial charge in [0.1, 0.15) is 0 Å². The number of rotatable bonds is 5. The number of hydrogen-bond acceptors (Lipinski definition) is 6. The van der Waals surface area contributed by atoms with Crippen LogP contribution in [-0.2, 0) is 4.79 Å². The number of nitro benzene ring substituents is 1. The number of benzene rings is 1. The molecule has 1 aromatic carbocycles. The van der Waals surface area contributed by atoms with Crippen molar-refractivity contribution in [3.8, 4) is 11.4 Å². The highest BCUT2D eigenvalue weighted by Gasteiger charge is 2.28. The first-order valence-corrected chi connectivity index (χ1v) is 6.17. The number of aromatic nitrogens is 4. The summed E-state index contributed by atoms with van der Waals surface area (Å²) in [5.41, 5.74) is 0.453. The number of nitro groups is 1. The van der Waals surface area contributed by atoms with Gasteiger partial charge in [0.25, 0.3) is 5.69 Å². The predicted molar refractivity (Wildman–Crippen MR) is 71.4 cm³/mol. The Hall–Kier alpha value is -2.84. The first-order valence-electron chi connectivity index (χ1n) is 6.17. The van der Waals surface area contributed by atoms with E-state index in [4.69, 9.17) is 0 Å². The van der Waals surface area contributed by atoms with Gasteiger partial charge >= 0.3 is 5.97 Å². The molecule has 1 heterocycles. The SMILES string of the molecule is CC(C)C(C(=O)O)n1nnnc1-c1ccc([N+](=O)[O-])cc1. The minimum atomic E-state index is -1.04. The van der Waals surface area contributed by atoms with Crippen LogP contribution in [-0.4, -0.2) is 36.2 Å². The van der Waals surface area contributed by atoms with E-state index in [1.54, 1.807) is 13.8 Å². The standard InChI is InChI=1S/C12H13N5O4/c1-7(2)10(12(18)19)16-11(13-14-15-16)8-3-5-9(6-4-8)17(20)21/h3-7,10H,1-2H3,(H,18,19). The first-order chi connectivity index (χ1) is 9.91. The fraction of sp³-hybridized carbons (Fsp3) is 0.333. The Morgan fingerprint density at radius 2 is 1.95 bits per heavy atom. The molecular formula is C12H13N5O4. The minimum Gasteiger partial charge on any atom is -0.480 e. The summed E-state index contributed by atoms with van der Waals surface area (Å²) >= 11 is 0. The largest absolute Gasteiger partial charge is 0.480 e. The van der Waals surface area contributed by atoms with Crippen molar-refractivity contribution in [2.45, 2.75) is 19.9 Å². The molecule has 0 saturated carbocycles. The quantitative estimate of drug-likeness (QED) is 0.654. The van der Waals surface area contributed by atoms with Crippen molar-refractivity contribution in [3.63, 3.8) is 0 Å². The van der Waals surface area contributed by atoms with Crippen LogP contribution < -0.4 is 0 Å². The Labute approximate surface area is 119 Å². The molecule has 0 bridgehead atoms. The molecule has 1 N–H and O–H groups in total. The van der Waals surface area contributed by atoms with E-state index in [-0.39, 0.29) is 17.4 Å². The van der Waals surface area contributed by atoms with Gasteiger partial charge in [0.15, 0.2) is 11.9 Å². The Morgan fingerprint density at radius 3 is 2.43 bits per heavy atom. The zero-order chi connectivity index (χ0) is 15.6. The van der Waals surface area contributed by atoms with Crippen molar-refractivity contribution in [2.75, 3.05) is 0 Å². The van der Waals surface area contributed by atoms with E-state index in [0.29, 0.717) is 5.56 Å². The summed E-state index contributed by atoms with van der Waals surface area (Å²) in [7, 11) is 0. The molecule has 0 saturated heterocycles. The lowest BCUT2D eigenvalue weighted by molar-refractivity contribution is -0.384. The van der Waals surface area contributed by atoms with E-state index < -0.39 is 16.9 Å². The van der Waals surface area contributed by atoms with Crippen LogP contribution in [0.15, 0.2) is 24.3 Å². The minimum absolute atomic E-state index is 0.0589. The summed E-state index contributed by atoms with van der Waals surface area (Å²) in [5.74, 6) is -1.01. The molecule has 1 atom stereocenters. The molecule has 0 fully saturated rings. The number of tetrazole rings is 1. The Morgan fingerprint density at radius 1 is 1.33 bits per heavy atom. The second-order valence-electron chi connectivity index (χ2n) is 4.78. The van der Waals surface area contributed by atoms with Crippen LogP contribution in [0, 0.1) is 16.0 Å². The average molecular weight is 291 g/mol. The van der Waals surface area contributed by atoms with Gasteiger partial charge < -0.3 is 5.11 Å². The maximum atomic E-state index is 11.4. The van der Waals surface area contributed by atoms with E-state index >= 15 is 0 Å². The van der Waals surface area contributed by atoms with Gasteiger partial charge in [0.2, 0.25) is 0 Å². The van der Waals surface area contributed by atoms with Crippen LogP contribution in [0.2, 0.25) is 0 Å². The summed E-state index contributed by atoms with van der Waals surface area (Å²) in [5, 5.41) is 31.0. The van der Waals surface area contributed by atoms with Crippen molar-refractivity contribution >= 4 is 11.7 Å². The number of non-ortho nitro benzene ring substituents is 1. The molecule has 0 aliphatic rings. The molecule has 1 unspecified atom stereocenters. The third-order valence-corrected chi connectivity index (χ3v) is 2.98. The molecule has 9 nitrogen and oxygen atoms in total. The fourth-order valence-electron chi connectivity index (χ4n) is 1.98. The van der Waals surface area contributed by atoms with Gasteiger partial charge in [-0.2, -0.15) is 0 Å². The third-order valence-electron chi connectivity index (χ3n) is 2.98. The number of nitrogens with zero attached hydrogens (tertiary/aromatic N) is 5. The van der Waals surface area contributed by atoms with Gasteiger partial charge in [0, 0.05) is 17.7 Å². The molecule has 0 aliphatic heterocycles. The summed E-state index contributed by atoms with van der Waals surface area (Å²) in [6, 6.07) is 4.70. The molecule has 2 aromatic rings. The highest BCUT2D eigenvalue weighted by Crippen LogP contribution is 2.25. The summed E-state index contributed by atoms with van der Waals surface area (Å²) in [4.78, 5) is 21.5. The lowest BCUT2D eigenvalue weighted by Crippen LogP contribution is -2.26. The summed E-state index contributed by atoms with van der Waals surface area (Å²) in [6.07, 6.45) is 0. The zero-order valence-electron chi connectivity index (χ0n) is 11.4. The maximum Gasteiger partial charge on any atom is 0.328 e. The molecule has 0 aliphatic carbocycles. The molecule has 0 radical (unpaired) electrons.